The van der Waals surface area contributed by atoms with Crippen molar-refractivity contribution in [1.29, 1.82) is 0 Å². The van der Waals surface area contributed by atoms with E-state index in [1.807, 2.05) is 25.1 Å². The van der Waals surface area contributed by atoms with Gasteiger partial charge in [0.15, 0.2) is 0 Å². The maximum Gasteiger partial charge on any atom is 0.324 e. The van der Waals surface area contributed by atoms with E-state index in [0.717, 1.165) is 13.1 Å². The number of hydrogen-bond donors (Lipinski definition) is 0. The van der Waals surface area contributed by atoms with Crippen molar-refractivity contribution in [3.05, 3.63) is 35.9 Å². The lowest BCUT2D eigenvalue weighted by molar-refractivity contribution is -0.143. The molecule has 2 atom stereocenters. The summed E-state index contributed by atoms with van der Waals surface area (Å²) >= 11 is 0. The largest absolute Gasteiger partial charge is 0.465 e. The van der Waals surface area contributed by atoms with Gasteiger partial charge < -0.3 is 4.74 Å². The zero-order valence-corrected chi connectivity index (χ0v) is 8.85. The second-order valence-corrected chi connectivity index (χ2v) is 3.68. The second kappa shape index (κ2) is 4.45. The summed E-state index contributed by atoms with van der Waals surface area (Å²) in [4.78, 5) is 13.4. The number of ether oxygens (including phenoxy) is 1. The fourth-order valence-electron chi connectivity index (χ4n) is 1.63. The van der Waals surface area contributed by atoms with Crippen molar-refractivity contribution in [2.75, 3.05) is 13.2 Å². The zero-order chi connectivity index (χ0) is 10.7. The zero-order valence-electron chi connectivity index (χ0n) is 8.85. The molecule has 15 heavy (non-hydrogen) atoms. The first-order valence-corrected chi connectivity index (χ1v) is 5.26. The molecule has 1 saturated heterocycles. The van der Waals surface area contributed by atoms with Crippen molar-refractivity contribution < 1.29 is 9.53 Å². The topological polar surface area (TPSA) is 29.3 Å². The van der Waals surface area contributed by atoms with E-state index < -0.39 is 0 Å². The van der Waals surface area contributed by atoms with Gasteiger partial charge in [-0.2, -0.15) is 0 Å². The second-order valence-electron chi connectivity index (χ2n) is 3.68. The van der Waals surface area contributed by atoms with Gasteiger partial charge in [-0.15, -0.1) is 0 Å². The molecule has 0 spiro atoms. The Morgan fingerprint density at radius 1 is 1.47 bits per heavy atom. The van der Waals surface area contributed by atoms with Crippen LogP contribution in [0.1, 0.15) is 12.5 Å². The molecule has 1 aromatic rings. The first-order valence-electron chi connectivity index (χ1n) is 5.26. The fraction of sp³-hybridized carbons (Fsp3) is 0.417. The van der Waals surface area contributed by atoms with Crippen LogP contribution in [0.2, 0.25) is 0 Å². The Hall–Kier alpha value is -1.35. The van der Waals surface area contributed by atoms with Gasteiger partial charge >= 0.3 is 5.97 Å². The highest BCUT2D eigenvalue weighted by molar-refractivity contribution is 5.79. The molecular formula is C12H15NO2. The molecule has 1 aliphatic heterocycles. The van der Waals surface area contributed by atoms with Crippen LogP contribution in [0.15, 0.2) is 30.3 Å². The lowest BCUT2D eigenvalue weighted by Gasteiger charge is -2.03. The lowest BCUT2D eigenvalue weighted by atomic mass is 10.2. The average Bonchev–Trinajstić information content (AvgIpc) is 2.99. The van der Waals surface area contributed by atoms with Crippen LogP contribution in [0.25, 0.3) is 0 Å². The van der Waals surface area contributed by atoms with Gasteiger partial charge in [0.05, 0.1) is 6.61 Å². The van der Waals surface area contributed by atoms with Crippen molar-refractivity contribution in [2.45, 2.75) is 19.5 Å². The smallest absolute Gasteiger partial charge is 0.324 e. The molecule has 0 radical (unpaired) electrons. The summed E-state index contributed by atoms with van der Waals surface area (Å²) in [6.07, 6.45) is 0. The van der Waals surface area contributed by atoms with Crippen molar-refractivity contribution >= 4 is 5.97 Å². The molecule has 0 amide bonds. The Kier molecular flexibility index (Phi) is 3.02. The van der Waals surface area contributed by atoms with E-state index in [1.165, 1.54) is 5.56 Å². The average molecular weight is 205 g/mol. The molecule has 3 nitrogen and oxygen atoms in total. The highest BCUT2D eigenvalue weighted by atomic mass is 16.5. The van der Waals surface area contributed by atoms with E-state index in [4.69, 9.17) is 4.74 Å². The van der Waals surface area contributed by atoms with Crippen LogP contribution in [0.3, 0.4) is 0 Å². The number of benzene rings is 1. The van der Waals surface area contributed by atoms with E-state index in [1.54, 1.807) is 0 Å². The summed E-state index contributed by atoms with van der Waals surface area (Å²) in [5.41, 5.74) is 1.24. The van der Waals surface area contributed by atoms with Gasteiger partial charge in [-0.1, -0.05) is 30.3 Å². The Labute approximate surface area is 89.7 Å². The summed E-state index contributed by atoms with van der Waals surface area (Å²) in [5, 5.41) is 0. The summed E-state index contributed by atoms with van der Waals surface area (Å²) in [5.74, 6) is -0.0894. The molecule has 1 aromatic carbocycles. The third kappa shape index (κ3) is 2.57. The monoisotopic (exact) mass is 205 g/mol. The van der Waals surface area contributed by atoms with Crippen LogP contribution in [0.5, 0.6) is 0 Å². The third-order valence-electron chi connectivity index (χ3n) is 2.50. The van der Waals surface area contributed by atoms with Gasteiger partial charge in [-0.25, -0.2) is 0 Å². The Balaban J connectivity index is 1.83. The standard InChI is InChI=1S/C12H15NO2/c1-2-15-12(14)11-9-13(11)8-10-6-4-3-5-7-10/h3-7,11H,2,8-9H2,1H3. The number of nitrogens with zero attached hydrogens (tertiary/aromatic N) is 1. The van der Waals surface area contributed by atoms with Gasteiger partial charge in [0.25, 0.3) is 0 Å². The molecule has 0 bridgehead atoms. The minimum Gasteiger partial charge on any atom is -0.465 e. The predicted molar refractivity (Wildman–Crippen MR) is 57.3 cm³/mol. The van der Waals surface area contributed by atoms with E-state index in [2.05, 4.69) is 17.0 Å². The van der Waals surface area contributed by atoms with Crippen LogP contribution in [0.4, 0.5) is 0 Å². The molecule has 80 valence electrons. The molecule has 2 rings (SSSR count). The highest BCUT2D eigenvalue weighted by Gasteiger charge is 2.41. The molecule has 1 aliphatic rings. The molecule has 0 saturated carbocycles. The normalized spacial score (nSPS) is 23.5. The molecule has 0 N–H and O–H groups in total. The van der Waals surface area contributed by atoms with E-state index in [-0.39, 0.29) is 12.0 Å². The fourth-order valence-corrected chi connectivity index (χ4v) is 1.63. The highest BCUT2D eigenvalue weighted by Crippen LogP contribution is 2.21. The van der Waals surface area contributed by atoms with Crippen molar-refractivity contribution in [3.8, 4) is 0 Å². The number of esters is 1. The summed E-state index contributed by atoms with van der Waals surface area (Å²) in [6.45, 7) is 3.97. The molecule has 1 heterocycles. The van der Waals surface area contributed by atoms with Crippen molar-refractivity contribution in [3.63, 3.8) is 0 Å². The maximum atomic E-state index is 11.3. The molecule has 2 unspecified atom stereocenters. The summed E-state index contributed by atoms with van der Waals surface area (Å²) in [6, 6.07) is 10.1. The molecule has 0 aliphatic carbocycles. The third-order valence-corrected chi connectivity index (χ3v) is 2.50. The summed E-state index contributed by atoms with van der Waals surface area (Å²) < 4.78 is 4.95. The SMILES string of the molecule is CCOC(=O)C1CN1Cc1ccccc1. The van der Waals surface area contributed by atoms with Gasteiger partial charge in [0.1, 0.15) is 6.04 Å². The van der Waals surface area contributed by atoms with Crippen molar-refractivity contribution in [1.82, 2.24) is 4.90 Å². The number of hydrogen-bond acceptors (Lipinski definition) is 3. The maximum absolute atomic E-state index is 11.3. The number of carbonyl (C=O) groups excluding carboxylic acids is 1. The van der Waals surface area contributed by atoms with E-state index in [9.17, 15) is 4.79 Å². The van der Waals surface area contributed by atoms with Crippen LogP contribution in [0, 0.1) is 0 Å². The van der Waals surface area contributed by atoms with E-state index in [0.29, 0.717) is 6.61 Å². The van der Waals surface area contributed by atoms with Gasteiger partial charge in [-0.05, 0) is 12.5 Å². The van der Waals surface area contributed by atoms with E-state index >= 15 is 0 Å². The molecule has 1 fully saturated rings. The van der Waals surface area contributed by atoms with Gasteiger partial charge in [0.2, 0.25) is 0 Å². The van der Waals surface area contributed by atoms with Gasteiger partial charge in [-0.3, -0.25) is 9.69 Å². The Morgan fingerprint density at radius 2 is 2.20 bits per heavy atom. The van der Waals surface area contributed by atoms with Crippen molar-refractivity contribution in [2.24, 2.45) is 0 Å². The molecular weight excluding hydrogens is 190 g/mol. The number of rotatable bonds is 4. The quantitative estimate of drug-likeness (QED) is 0.550. The van der Waals surface area contributed by atoms with Crippen LogP contribution in [-0.4, -0.2) is 30.1 Å². The van der Waals surface area contributed by atoms with Gasteiger partial charge in [0, 0.05) is 13.1 Å². The van der Waals surface area contributed by atoms with Crippen LogP contribution >= 0.6 is 0 Å². The Morgan fingerprint density at radius 3 is 2.87 bits per heavy atom. The molecule has 0 aromatic heterocycles. The minimum atomic E-state index is -0.0894. The minimum absolute atomic E-state index is 0.00911. The summed E-state index contributed by atoms with van der Waals surface area (Å²) in [7, 11) is 0. The first-order chi connectivity index (χ1) is 7.31. The van der Waals surface area contributed by atoms with Crippen LogP contribution < -0.4 is 0 Å². The lowest BCUT2D eigenvalue weighted by Crippen LogP contribution is -2.16. The number of carbonyl (C=O) groups is 1. The first kappa shape index (κ1) is 10.2. The predicted octanol–water partition coefficient (Wildman–Crippen LogP) is 1.43. The molecule has 3 heteroatoms. The van der Waals surface area contributed by atoms with Crippen LogP contribution in [-0.2, 0) is 16.1 Å². The Bertz CT molecular complexity index is 337.